The number of aliphatic imine (C=N–C) groups is 1. The summed E-state index contributed by atoms with van der Waals surface area (Å²) in [5.41, 5.74) is 9.65. The Hall–Kier alpha value is -2.99. The summed E-state index contributed by atoms with van der Waals surface area (Å²) in [6.07, 6.45) is 1.25. The van der Waals surface area contributed by atoms with Crippen LogP contribution < -0.4 is 11.1 Å². The molecule has 0 radical (unpaired) electrons. The SMILES string of the molecule is Cc1ncsc1-c1ccc(CNC(=O)[C@@H]2CCCN2C(=O)C(=NC(=O)COCCOCCN)C(C)(C)C)cc1. The number of ether oxygens (including phenoxy) is 2. The van der Waals surface area contributed by atoms with Crippen LogP contribution in [0.5, 0.6) is 0 Å². The van der Waals surface area contributed by atoms with E-state index in [2.05, 4.69) is 15.3 Å². The summed E-state index contributed by atoms with van der Waals surface area (Å²) in [5.74, 6) is -1.17. The minimum Gasteiger partial charge on any atom is -0.378 e. The average Bonchev–Trinajstić information content (AvgIpc) is 3.56. The fraction of sp³-hybridized carbons (Fsp3) is 0.536. The lowest BCUT2D eigenvalue weighted by Gasteiger charge is -2.29. The van der Waals surface area contributed by atoms with Crippen molar-refractivity contribution >= 4 is 34.8 Å². The molecule has 1 aliphatic rings. The molecule has 1 saturated heterocycles. The van der Waals surface area contributed by atoms with E-state index in [0.29, 0.717) is 45.7 Å². The predicted octanol–water partition coefficient (Wildman–Crippen LogP) is 2.73. The van der Waals surface area contributed by atoms with E-state index in [1.807, 2.05) is 57.5 Å². The number of rotatable bonds is 12. The van der Waals surface area contributed by atoms with Crippen LogP contribution in [-0.4, -0.2) is 78.9 Å². The molecule has 2 heterocycles. The number of nitrogens with two attached hydrogens (primary N) is 1. The molecule has 1 aromatic heterocycles. The number of nitrogens with one attached hydrogen (secondary N) is 1. The first kappa shape index (κ1) is 30.6. The fourth-order valence-corrected chi connectivity index (χ4v) is 5.05. The number of aryl methyl sites for hydroxylation is 1. The van der Waals surface area contributed by atoms with E-state index < -0.39 is 23.3 Å². The maximum atomic E-state index is 13.5. The molecule has 3 rings (SSSR count). The van der Waals surface area contributed by atoms with Gasteiger partial charge in [0.05, 0.1) is 35.9 Å². The molecule has 212 valence electrons. The van der Waals surface area contributed by atoms with E-state index in [4.69, 9.17) is 15.2 Å². The van der Waals surface area contributed by atoms with Crippen molar-refractivity contribution in [2.75, 3.05) is 39.5 Å². The van der Waals surface area contributed by atoms with Gasteiger partial charge in [0.2, 0.25) is 5.91 Å². The van der Waals surface area contributed by atoms with Gasteiger partial charge in [0.15, 0.2) is 0 Å². The zero-order valence-corrected chi connectivity index (χ0v) is 24.0. The molecule has 1 atom stereocenters. The van der Waals surface area contributed by atoms with Crippen LogP contribution >= 0.6 is 11.3 Å². The van der Waals surface area contributed by atoms with Gasteiger partial charge in [0.25, 0.3) is 11.8 Å². The molecule has 2 aromatic rings. The van der Waals surface area contributed by atoms with Gasteiger partial charge >= 0.3 is 0 Å². The summed E-state index contributed by atoms with van der Waals surface area (Å²) in [6, 6.07) is 7.39. The van der Waals surface area contributed by atoms with Gasteiger partial charge < -0.3 is 25.4 Å². The van der Waals surface area contributed by atoms with Crippen LogP contribution in [0.2, 0.25) is 0 Å². The monoisotopic (exact) mass is 557 g/mol. The van der Waals surface area contributed by atoms with Crippen molar-refractivity contribution in [3.8, 4) is 10.4 Å². The third-order valence-electron chi connectivity index (χ3n) is 6.25. The maximum Gasteiger partial charge on any atom is 0.272 e. The van der Waals surface area contributed by atoms with Gasteiger partial charge in [-0.15, -0.1) is 11.3 Å². The Balaban J connectivity index is 1.59. The Labute approximate surface area is 234 Å². The van der Waals surface area contributed by atoms with E-state index in [1.165, 1.54) is 4.90 Å². The molecule has 39 heavy (non-hydrogen) atoms. The lowest BCUT2D eigenvalue weighted by molar-refractivity contribution is -0.134. The Bertz CT molecular complexity index is 1160. The first-order valence-electron chi connectivity index (χ1n) is 13.2. The molecule has 0 unspecified atom stereocenters. The van der Waals surface area contributed by atoms with Crippen molar-refractivity contribution in [3.63, 3.8) is 0 Å². The molecule has 0 spiro atoms. The molecular weight excluding hydrogens is 518 g/mol. The Morgan fingerprint density at radius 3 is 2.51 bits per heavy atom. The summed E-state index contributed by atoms with van der Waals surface area (Å²) in [5, 5.41) is 2.97. The van der Waals surface area contributed by atoms with E-state index in [9.17, 15) is 14.4 Å². The van der Waals surface area contributed by atoms with Crippen molar-refractivity contribution < 1.29 is 23.9 Å². The highest BCUT2D eigenvalue weighted by atomic mass is 32.1. The number of likely N-dealkylation sites (tertiary alicyclic amines) is 1. The van der Waals surface area contributed by atoms with Crippen LogP contribution in [0.15, 0.2) is 34.8 Å². The van der Waals surface area contributed by atoms with E-state index in [1.54, 1.807) is 11.3 Å². The molecule has 11 heteroatoms. The van der Waals surface area contributed by atoms with Gasteiger partial charge in [-0.05, 0) is 30.9 Å². The number of aromatic nitrogens is 1. The van der Waals surface area contributed by atoms with Crippen molar-refractivity contribution in [2.45, 2.75) is 53.1 Å². The lowest BCUT2D eigenvalue weighted by Crippen LogP contribution is -2.50. The largest absolute Gasteiger partial charge is 0.378 e. The Kier molecular flexibility index (Phi) is 11.3. The van der Waals surface area contributed by atoms with Crippen LogP contribution in [0.25, 0.3) is 10.4 Å². The van der Waals surface area contributed by atoms with Crippen molar-refractivity contribution in [2.24, 2.45) is 16.1 Å². The number of thiazole rings is 1. The molecule has 1 aliphatic heterocycles. The van der Waals surface area contributed by atoms with Gasteiger partial charge in [-0.1, -0.05) is 45.0 Å². The van der Waals surface area contributed by atoms with Gasteiger partial charge in [0.1, 0.15) is 18.4 Å². The first-order valence-corrected chi connectivity index (χ1v) is 14.1. The van der Waals surface area contributed by atoms with Gasteiger partial charge in [0, 0.05) is 25.0 Å². The average molecular weight is 558 g/mol. The highest BCUT2D eigenvalue weighted by molar-refractivity contribution is 7.13. The van der Waals surface area contributed by atoms with E-state index in [0.717, 1.165) is 21.7 Å². The van der Waals surface area contributed by atoms with Crippen molar-refractivity contribution in [1.29, 1.82) is 0 Å². The van der Waals surface area contributed by atoms with Crippen LogP contribution in [0.4, 0.5) is 0 Å². The predicted molar refractivity (Wildman–Crippen MR) is 151 cm³/mol. The summed E-state index contributed by atoms with van der Waals surface area (Å²) >= 11 is 1.60. The summed E-state index contributed by atoms with van der Waals surface area (Å²) in [7, 11) is 0. The molecule has 0 saturated carbocycles. The number of carbonyl (C=O) groups excluding carboxylic acids is 3. The van der Waals surface area contributed by atoms with Crippen LogP contribution in [-0.2, 0) is 30.4 Å². The number of nitrogens with zero attached hydrogens (tertiary/aromatic N) is 3. The number of carbonyl (C=O) groups is 3. The third-order valence-corrected chi connectivity index (χ3v) is 7.23. The Morgan fingerprint density at radius 2 is 1.87 bits per heavy atom. The molecule has 1 aromatic carbocycles. The summed E-state index contributed by atoms with van der Waals surface area (Å²) in [4.78, 5) is 50.2. The minimum absolute atomic E-state index is 0.115. The Morgan fingerprint density at radius 1 is 1.15 bits per heavy atom. The standard InChI is InChI=1S/C28H39N5O5S/c1-19-24(39-18-31-19)21-9-7-20(8-10-21)16-30-26(35)22-6-5-12-33(22)27(36)25(28(2,3)4)32-23(34)17-38-15-14-37-13-11-29/h7-10,18,22H,5-6,11-17,29H2,1-4H3,(H,30,35)/t22-/m0/s1. The van der Waals surface area contributed by atoms with Crippen molar-refractivity contribution in [3.05, 3.63) is 41.0 Å². The lowest BCUT2D eigenvalue weighted by atomic mass is 9.88. The second kappa shape index (κ2) is 14.4. The normalized spacial score (nSPS) is 16.0. The summed E-state index contributed by atoms with van der Waals surface area (Å²) in [6.45, 7) is 9.34. The highest BCUT2D eigenvalue weighted by Crippen LogP contribution is 2.27. The van der Waals surface area contributed by atoms with Crippen molar-refractivity contribution in [1.82, 2.24) is 15.2 Å². The second-order valence-corrected chi connectivity index (χ2v) is 11.3. The van der Waals surface area contributed by atoms with Gasteiger partial charge in [-0.25, -0.2) is 9.98 Å². The third kappa shape index (κ3) is 8.76. The fourth-order valence-electron chi connectivity index (χ4n) is 4.23. The molecule has 3 N–H and O–H groups in total. The molecule has 10 nitrogen and oxygen atoms in total. The molecule has 0 bridgehead atoms. The topological polar surface area (TPSA) is 136 Å². The van der Waals surface area contributed by atoms with Gasteiger partial charge in [-0.2, -0.15) is 0 Å². The molecular formula is C28H39N5O5S. The first-order chi connectivity index (χ1) is 18.6. The molecule has 1 fully saturated rings. The number of benzene rings is 1. The van der Waals surface area contributed by atoms with Crippen LogP contribution in [0.1, 0.15) is 44.9 Å². The second-order valence-electron chi connectivity index (χ2n) is 10.4. The summed E-state index contributed by atoms with van der Waals surface area (Å²) < 4.78 is 10.5. The zero-order chi connectivity index (χ0) is 28.4. The number of hydrogen-bond donors (Lipinski definition) is 2. The smallest absolute Gasteiger partial charge is 0.272 e. The van der Waals surface area contributed by atoms with Crippen LogP contribution in [0.3, 0.4) is 0 Å². The number of hydrogen-bond acceptors (Lipinski definition) is 8. The van der Waals surface area contributed by atoms with E-state index >= 15 is 0 Å². The highest BCUT2D eigenvalue weighted by Gasteiger charge is 2.39. The minimum atomic E-state index is -0.696. The van der Waals surface area contributed by atoms with Crippen LogP contribution in [0, 0.1) is 12.3 Å². The quantitative estimate of drug-likeness (QED) is 0.302. The maximum absolute atomic E-state index is 13.5. The number of amides is 3. The van der Waals surface area contributed by atoms with E-state index in [-0.39, 0.29) is 24.8 Å². The zero-order valence-electron chi connectivity index (χ0n) is 23.2. The van der Waals surface area contributed by atoms with Gasteiger partial charge in [-0.3, -0.25) is 14.4 Å². The molecule has 3 amide bonds. The molecule has 0 aliphatic carbocycles.